The number of nitriles is 1. The van der Waals surface area contributed by atoms with Gasteiger partial charge in [-0.05, 0) is 13.0 Å². The lowest BCUT2D eigenvalue weighted by molar-refractivity contribution is -0.384. The van der Waals surface area contributed by atoms with Crippen LogP contribution < -0.4 is 0 Å². The molecule has 0 radical (unpaired) electrons. The SMILES string of the molecule is Cc1csc([C@@H](C#N)C(=O)COC(=O)c2cc([N+](=O)[O-])ccc2Cl)n1. The number of aromatic nitrogens is 1. The number of Topliss-reactive ketones (excluding diaryl/α,β-unsaturated/α-hetero) is 1. The maximum absolute atomic E-state index is 12.1. The topological polar surface area (TPSA) is 123 Å². The molecule has 2 rings (SSSR count). The number of nitro groups is 1. The van der Waals surface area contributed by atoms with E-state index in [4.69, 9.17) is 21.6 Å². The number of esters is 1. The predicted molar refractivity (Wildman–Crippen MR) is 88.6 cm³/mol. The van der Waals surface area contributed by atoms with Gasteiger partial charge in [0.2, 0.25) is 0 Å². The number of aryl methyl sites for hydroxylation is 1. The Labute approximate surface area is 150 Å². The quantitative estimate of drug-likeness (QED) is 0.429. The summed E-state index contributed by atoms with van der Waals surface area (Å²) in [7, 11) is 0. The molecule has 0 bridgehead atoms. The third kappa shape index (κ3) is 4.37. The summed E-state index contributed by atoms with van der Waals surface area (Å²) in [5.41, 5.74) is 0.103. The van der Waals surface area contributed by atoms with Crippen LogP contribution in [0.15, 0.2) is 23.6 Å². The number of non-ortho nitro benzene ring substituents is 1. The highest BCUT2D eigenvalue weighted by Crippen LogP contribution is 2.24. The number of ether oxygens (including phenoxy) is 1. The van der Waals surface area contributed by atoms with Gasteiger partial charge in [0, 0.05) is 23.2 Å². The predicted octanol–water partition coefficient (Wildman–Crippen LogP) is 3.05. The van der Waals surface area contributed by atoms with Gasteiger partial charge in [0.15, 0.2) is 18.3 Å². The zero-order valence-electron chi connectivity index (χ0n) is 12.8. The molecule has 0 aliphatic carbocycles. The van der Waals surface area contributed by atoms with E-state index in [-0.39, 0.29) is 16.3 Å². The summed E-state index contributed by atoms with van der Waals surface area (Å²) < 4.78 is 4.85. The summed E-state index contributed by atoms with van der Waals surface area (Å²) >= 11 is 6.99. The first-order valence-corrected chi connectivity index (χ1v) is 8.04. The molecule has 1 aromatic carbocycles. The van der Waals surface area contributed by atoms with E-state index in [1.54, 1.807) is 12.3 Å². The highest BCUT2D eigenvalue weighted by atomic mass is 35.5. The normalized spacial score (nSPS) is 11.4. The summed E-state index contributed by atoms with van der Waals surface area (Å²) in [5.74, 6) is -2.78. The Morgan fingerprint density at radius 3 is 2.80 bits per heavy atom. The molecular formula is C15H10ClN3O5S. The number of halogens is 1. The van der Waals surface area contributed by atoms with E-state index in [2.05, 4.69) is 4.98 Å². The lowest BCUT2D eigenvalue weighted by Crippen LogP contribution is -2.20. The number of nitro benzene ring substituents is 1. The number of carbonyl (C=O) groups is 2. The minimum atomic E-state index is -1.15. The van der Waals surface area contributed by atoms with E-state index in [9.17, 15) is 19.7 Å². The van der Waals surface area contributed by atoms with E-state index >= 15 is 0 Å². The average Bonchev–Trinajstić information content (AvgIpc) is 2.99. The van der Waals surface area contributed by atoms with Crippen molar-refractivity contribution in [3.8, 4) is 6.07 Å². The minimum Gasteiger partial charge on any atom is -0.454 e. The minimum absolute atomic E-state index is 0.0459. The fourth-order valence-corrected chi connectivity index (χ4v) is 2.91. The van der Waals surface area contributed by atoms with Gasteiger partial charge in [0.05, 0.1) is 21.6 Å². The van der Waals surface area contributed by atoms with Crippen molar-refractivity contribution in [2.45, 2.75) is 12.8 Å². The second kappa shape index (κ2) is 7.83. The van der Waals surface area contributed by atoms with Gasteiger partial charge in [0.1, 0.15) is 5.01 Å². The van der Waals surface area contributed by atoms with Crippen molar-refractivity contribution < 1.29 is 19.2 Å². The third-order valence-electron chi connectivity index (χ3n) is 3.06. The fourth-order valence-electron chi connectivity index (χ4n) is 1.85. The van der Waals surface area contributed by atoms with Crippen molar-refractivity contribution >= 4 is 40.4 Å². The lowest BCUT2D eigenvalue weighted by atomic mass is 10.1. The maximum atomic E-state index is 12.1. The van der Waals surface area contributed by atoms with E-state index in [1.165, 1.54) is 6.07 Å². The smallest absolute Gasteiger partial charge is 0.340 e. The summed E-state index contributed by atoms with van der Waals surface area (Å²) in [4.78, 5) is 38.3. The molecule has 0 fully saturated rings. The molecule has 128 valence electrons. The Balaban J connectivity index is 2.09. The van der Waals surface area contributed by atoms with Gasteiger partial charge >= 0.3 is 5.97 Å². The van der Waals surface area contributed by atoms with E-state index in [0.717, 1.165) is 23.5 Å². The molecule has 0 aliphatic rings. The van der Waals surface area contributed by atoms with Crippen molar-refractivity contribution in [2.75, 3.05) is 6.61 Å². The van der Waals surface area contributed by atoms with Gasteiger partial charge < -0.3 is 4.74 Å². The number of thiazole rings is 1. The van der Waals surface area contributed by atoms with Crippen LogP contribution in [0.5, 0.6) is 0 Å². The third-order valence-corrected chi connectivity index (χ3v) is 4.42. The van der Waals surface area contributed by atoms with Crippen LogP contribution in [0.1, 0.15) is 27.0 Å². The monoisotopic (exact) mass is 379 g/mol. The molecule has 1 heterocycles. The number of ketones is 1. The Hall–Kier alpha value is -2.83. The second-order valence-corrected chi connectivity index (χ2v) is 6.15. The summed E-state index contributed by atoms with van der Waals surface area (Å²) in [6, 6.07) is 5.11. The zero-order valence-corrected chi connectivity index (χ0v) is 14.3. The van der Waals surface area contributed by atoms with Crippen LogP contribution in [0.2, 0.25) is 5.02 Å². The molecule has 1 aromatic heterocycles. The Bertz CT molecular complexity index is 890. The molecule has 8 nitrogen and oxygen atoms in total. The van der Waals surface area contributed by atoms with Crippen LogP contribution in [0.4, 0.5) is 5.69 Å². The van der Waals surface area contributed by atoms with Crippen molar-refractivity contribution in [2.24, 2.45) is 0 Å². The van der Waals surface area contributed by atoms with Crippen molar-refractivity contribution in [1.82, 2.24) is 4.98 Å². The Morgan fingerprint density at radius 2 is 2.24 bits per heavy atom. The largest absolute Gasteiger partial charge is 0.454 e. The van der Waals surface area contributed by atoms with Crippen LogP contribution in [-0.4, -0.2) is 28.3 Å². The van der Waals surface area contributed by atoms with Gasteiger partial charge in [0.25, 0.3) is 5.69 Å². The van der Waals surface area contributed by atoms with Crippen LogP contribution in [0, 0.1) is 28.4 Å². The Morgan fingerprint density at radius 1 is 1.52 bits per heavy atom. The van der Waals surface area contributed by atoms with Gasteiger partial charge in [-0.25, -0.2) is 9.78 Å². The number of nitrogens with zero attached hydrogens (tertiary/aromatic N) is 3. The highest BCUT2D eigenvalue weighted by molar-refractivity contribution is 7.09. The average molecular weight is 380 g/mol. The molecule has 0 N–H and O–H groups in total. The first-order chi connectivity index (χ1) is 11.8. The lowest BCUT2D eigenvalue weighted by Gasteiger charge is -2.08. The van der Waals surface area contributed by atoms with Crippen LogP contribution in [0.3, 0.4) is 0 Å². The molecule has 0 saturated heterocycles. The van der Waals surface area contributed by atoms with Gasteiger partial charge in [-0.2, -0.15) is 5.26 Å². The van der Waals surface area contributed by atoms with Gasteiger partial charge in [-0.15, -0.1) is 11.3 Å². The number of benzene rings is 1. The second-order valence-electron chi connectivity index (χ2n) is 4.85. The molecule has 1 atom stereocenters. The van der Waals surface area contributed by atoms with Crippen molar-refractivity contribution in [1.29, 1.82) is 5.26 Å². The maximum Gasteiger partial charge on any atom is 0.340 e. The fraction of sp³-hybridized carbons (Fsp3) is 0.200. The Kier molecular flexibility index (Phi) is 5.80. The van der Waals surface area contributed by atoms with Gasteiger partial charge in [-0.3, -0.25) is 14.9 Å². The number of hydrogen-bond donors (Lipinski definition) is 0. The summed E-state index contributed by atoms with van der Waals surface area (Å²) in [6.07, 6.45) is 0. The first kappa shape index (κ1) is 18.5. The zero-order chi connectivity index (χ0) is 18.6. The summed E-state index contributed by atoms with van der Waals surface area (Å²) in [6.45, 7) is 1.05. The first-order valence-electron chi connectivity index (χ1n) is 6.79. The molecule has 2 aromatic rings. The number of carbonyl (C=O) groups excluding carboxylic acids is 2. The number of hydrogen-bond acceptors (Lipinski definition) is 8. The van der Waals surface area contributed by atoms with Crippen molar-refractivity contribution in [3.05, 3.63) is 55.0 Å². The standard InChI is InChI=1S/C15H10ClN3O5S/c1-8-7-25-14(18-8)11(5-17)13(20)6-24-15(21)10-4-9(19(22)23)2-3-12(10)16/h2-4,7,11H,6H2,1H3/t11-/m0/s1. The molecule has 25 heavy (non-hydrogen) atoms. The molecular weight excluding hydrogens is 370 g/mol. The summed E-state index contributed by atoms with van der Waals surface area (Å²) in [5, 5.41) is 21.9. The van der Waals surface area contributed by atoms with Crippen LogP contribution in [-0.2, 0) is 9.53 Å². The van der Waals surface area contributed by atoms with E-state index in [1.807, 2.05) is 6.07 Å². The van der Waals surface area contributed by atoms with Crippen LogP contribution >= 0.6 is 22.9 Å². The molecule has 10 heteroatoms. The molecule has 0 unspecified atom stereocenters. The van der Waals surface area contributed by atoms with E-state index < -0.39 is 29.2 Å². The number of rotatable bonds is 6. The van der Waals surface area contributed by atoms with Crippen molar-refractivity contribution in [3.63, 3.8) is 0 Å². The highest BCUT2D eigenvalue weighted by Gasteiger charge is 2.25. The molecule has 0 saturated carbocycles. The molecule has 0 spiro atoms. The van der Waals surface area contributed by atoms with E-state index in [0.29, 0.717) is 10.7 Å². The van der Waals surface area contributed by atoms with Crippen LogP contribution in [0.25, 0.3) is 0 Å². The molecule has 0 aliphatic heterocycles. The van der Waals surface area contributed by atoms with Gasteiger partial charge in [-0.1, -0.05) is 11.6 Å². The molecule has 0 amide bonds.